The smallest absolute Gasteiger partial charge is 0.223 e. The zero-order valence-corrected chi connectivity index (χ0v) is 18.4. The van der Waals surface area contributed by atoms with Crippen molar-refractivity contribution in [1.82, 2.24) is 20.5 Å². The number of hydrogen-bond acceptors (Lipinski definition) is 6. The molecule has 2 aromatic rings. The fourth-order valence-electron chi connectivity index (χ4n) is 3.64. The van der Waals surface area contributed by atoms with E-state index >= 15 is 0 Å². The molecule has 162 valence electrons. The van der Waals surface area contributed by atoms with Crippen molar-refractivity contribution in [3.8, 4) is 5.75 Å². The molecule has 1 aliphatic heterocycles. The van der Waals surface area contributed by atoms with Gasteiger partial charge < -0.3 is 20.3 Å². The predicted octanol–water partition coefficient (Wildman–Crippen LogP) is 2.57. The molecule has 2 heterocycles. The zero-order chi connectivity index (χ0) is 21.3. The highest BCUT2D eigenvalue weighted by molar-refractivity contribution is 7.09. The molecule has 0 spiro atoms. The van der Waals surface area contributed by atoms with Crippen LogP contribution >= 0.6 is 11.3 Å². The van der Waals surface area contributed by atoms with Crippen molar-refractivity contribution in [2.75, 3.05) is 20.7 Å². The van der Waals surface area contributed by atoms with Crippen LogP contribution < -0.4 is 15.4 Å². The Labute approximate surface area is 181 Å². The summed E-state index contributed by atoms with van der Waals surface area (Å²) in [4.78, 5) is 31.5. The number of amides is 2. The first-order valence-electron chi connectivity index (χ1n) is 10.3. The summed E-state index contributed by atoms with van der Waals surface area (Å²) in [6.45, 7) is 1.79. The number of carbonyl (C=O) groups is 2. The second-order valence-corrected chi connectivity index (χ2v) is 8.65. The molecule has 1 aliphatic rings. The van der Waals surface area contributed by atoms with Crippen molar-refractivity contribution in [1.29, 1.82) is 0 Å². The van der Waals surface area contributed by atoms with Gasteiger partial charge in [0.2, 0.25) is 11.8 Å². The molecule has 3 rings (SSSR count). The molecule has 1 aromatic heterocycles. The maximum atomic E-state index is 12.8. The molecule has 0 bridgehead atoms. The van der Waals surface area contributed by atoms with E-state index in [0.717, 1.165) is 29.2 Å². The van der Waals surface area contributed by atoms with Gasteiger partial charge in [-0.2, -0.15) is 0 Å². The first-order chi connectivity index (χ1) is 14.5. The van der Waals surface area contributed by atoms with Gasteiger partial charge in [-0.15, -0.1) is 11.3 Å². The van der Waals surface area contributed by atoms with Gasteiger partial charge in [0.15, 0.2) is 0 Å². The monoisotopic (exact) mass is 430 g/mol. The molecule has 2 atom stereocenters. The quantitative estimate of drug-likeness (QED) is 0.705. The van der Waals surface area contributed by atoms with Gasteiger partial charge in [-0.05, 0) is 30.5 Å². The summed E-state index contributed by atoms with van der Waals surface area (Å²) in [7, 11) is 3.44. The van der Waals surface area contributed by atoms with Crippen LogP contribution in [0, 0.1) is 5.92 Å². The van der Waals surface area contributed by atoms with Gasteiger partial charge in [0, 0.05) is 56.6 Å². The maximum Gasteiger partial charge on any atom is 0.223 e. The molecule has 7 nitrogen and oxygen atoms in total. The van der Waals surface area contributed by atoms with Crippen molar-refractivity contribution in [3.63, 3.8) is 0 Å². The Hall–Kier alpha value is -2.45. The lowest BCUT2D eigenvalue weighted by molar-refractivity contribution is -0.135. The second-order valence-electron chi connectivity index (χ2n) is 7.68. The number of ether oxygens (including phenoxy) is 1. The fraction of sp³-hybridized carbons (Fsp3) is 0.500. The van der Waals surface area contributed by atoms with Crippen molar-refractivity contribution in [3.05, 3.63) is 46.4 Å². The Morgan fingerprint density at radius 1 is 1.27 bits per heavy atom. The lowest BCUT2D eigenvalue weighted by Gasteiger charge is -2.24. The Bertz CT molecular complexity index is 810. The zero-order valence-electron chi connectivity index (χ0n) is 17.6. The topological polar surface area (TPSA) is 83.6 Å². The van der Waals surface area contributed by atoms with Gasteiger partial charge >= 0.3 is 0 Å². The van der Waals surface area contributed by atoms with Gasteiger partial charge in [-0.25, -0.2) is 4.98 Å². The Morgan fingerprint density at radius 2 is 2.07 bits per heavy atom. The number of benzene rings is 1. The van der Waals surface area contributed by atoms with Gasteiger partial charge in [-0.3, -0.25) is 9.59 Å². The summed E-state index contributed by atoms with van der Waals surface area (Å²) >= 11 is 1.62. The van der Waals surface area contributed by atoms with E-state index in [-0.39, 0.29) is 30.2 Å². The van der Waals surface area contributed by atoms with Crippen molar-refractivity contribution in [2.24, 2.45) is 5.92 Å². The number of nitrogens with one attached hydrogen (secondary N) is 2. The first kappa shape index (κ1) is 22.2. The minimum atomic E-state index is -0.295. The first-order valence-corrected chi connectivity index (χ1v) is 11.2. The third kappa shape index (κ3) is 6.53. The maximum absolute atomic E-state index is 12.8. The van der Waals surface area contributed by atoms with Crippen molar-refractivity contribution >= 4 is 23.2 Å². The molecule has 2 amide bonds. The lowest BCUT2D eigenvalue weighted by atomic mass is 9.96. The van der Waals surface area contributed by atoms with E-state index in [4.69, 9.17) is 4.74 Å². The van der Waals surface area contributed by atoms with Crippen LogP contribution in [0.3, 0.4) is 0 Å². The van der Waals surface area contributed by atoms with Crippen molar-refractivity contribution < 1.29 is 14.3 Å². The average molecular weight is 431 g/mol. The number of carbonyl (C=O) groups excluding carboxylic acids is 2. The number of thiazole rings is 1. The standard InChI is InChI=1S/C22H30N4O3S/c1-26-15-18(24-14-20-23-10-11-30-20)5-3-4-17(12-21(26)27)22(28)25-13-16-6-8-19(29-2)9-7-16/h6-11,17-18,24H,3-5,12-15H2,1-2H3,(H,25,28). The van der Waals surface area contributed by atoms with E-state index in [1.807, 2.05) is 36.7 Å². The molecule has 0 saturated carbocycles. The molecule has 8 heteroatoms. The number of aromatic nitrogens is 1. The van der Waals surface area contributed by atoms with E-state index in [2.05, 4.69) is 15.6 Å². The molecule has 2 unspecified atom stereocenters. The van der Waals surface area contributed by atoms with E-state index in [1.165, 1.54) is 0 Å². The number of likely N-dealkylation sites (N-methyl/N-ethyl adjacent to an activating group) is 1. The molecule has 2 N–H and O–H groups in total. The van der Waals surface area contributed by atoms with Crippen LogP contribution in [0.1, 0.15) is 36.3 Å². The minimum absolute atomic E-state index is 0.0162. The van der Waals surface area contributed by atoms with Gasteiger partial charge in [0.1, 0.15) is 10.8 Å². The van der Waals surface area contributed by atoms with Gasteiger partial charge in [-0.1, -0.05) is 18.6 Å². The van der Waals surface area contributed by atoms with E-state index in [0.29, 0.717) is 26.1 Å². The molecular formula is C22H30N4O3S. The highest BCUT2D eigenvalue weighted by atomic mass is 32.1. The minimum Gasteiger partial charge on any atom is -0.497 e. The third-order valence-corrected chi connectivity index (χ3v) is 6.25. The largest absolute Gasteiger partial charge is 0.497 e. The van der Waals surface area contributed by atoms with Crippen LogP contribution in [-0.2, 0) is 22.7 Å². The van der Waals surface area contributed by atoms with Crippen LogP contribution in [0.2, 0.25) is 0 Å². The van der Waals surface area contributed by atoms with Crippen molar-refractivity contribution in [2.45, 2.75) is 44.8 Å². The summed E-state index contributed by atoms with van der Waals surface area (Å²) in [5.41, 5.74) is 1.00. The number of hydrogen-bond donors (Lipinski definition) is 2. The third-order valence-electron chi connectivity index (χ3n) is 5.47. The summed E-state index contributed by atoms with van der Waals surface area (Å²) in [6, 6.07) is 7.81. The Morgan fingerprint density at radius 3 is 2.77 bits per heavy atom. The SMILES string of the molecule is COc1ccc(CNC(=O)C2CCCC(NCc3nccs3)CN(C)C(=O)C2)cc1. The summed E-state index contributed by atoms with van der Waals surface area (Å²) in [5, 5.41) is 9.51. The highest BCUT2D eigenvalue weighted by Crippen LogP contribution is 2.20. The van der Waals surface area contributed by atoms with Crippen LogP contribution in [0.15, 0.2) is 35.8 Å². The fourth-order valence-corrected chi connectivity index (χ4v) is 4.21. The second kappa shape index (κ2) is 11.1. The van der Waals surface area contributed by atoms with Crippen LogP contribution in [0.4, 0.5) is 0 Å². The van der Waals surface area contributed by atoms with Crippen LogP contribution in [-0.4, -0.2) is 48.4 Å². The number of nitrogens with zero attached hydrogens (tertiary/aromatic N) is 2. The lowest BCUT2D eigenvalue weighted by Crippen LogP contribution is -2.41. The Balaban J connectivity index is 1.52. The summed E-state index contributed by atoms with van der Waals surface area (Å²) in [6.07, 6.45) is 4.59. The molecule has 0 radical (unpaired) electrons. The van der Waals surface area contributed by atoms with E-state index in [9.17, 15) is 9.59 Å². The van der Waals surface area contributed by atoms with Gasteiger partial charge in [0.25, 0.3) is 0 Å². The molecular weight excluding hydrogens is 400 g/mol. The van der Waals surface area contributed by atoms with Crippen LogP contribution in [0.25, 0.3) is 0 Å². The molecule has 0 aliphatic carbocycles. The summed E-state index contributed by atoms with van der Waals surface area (Å²) < 4.78 is 5.16. The number of methoxy groups -OCH3 is 1. The summed E-state index contributed by atoms with van der Waals surface area (Å²) in [5.74, 6) is 0.452. The average Bonchev–Trinajstić information content (AvgIpc) is 3.29. The Kier molecular flexibility index (Phi) is 8.21. The highest BCUT2D eigenvalue weighted by Gasteiger charge is 2.27. The van der Waals surface area contributed by atoms with Gasteiger partial charge in [0.05, 0.1) is 7.11 Å². The number of rotatable bonds is 7. The molecule has 1 fully saturated rings. The predicted molar refractivity (Wildman–Crippen MR) is 117 cm³/mol. The van der Waals surface area contributed by atoms with Crippen LogP contribution in [0.5, 0.6) is 5.75 Å². The van der Waals surface area contributed by atoms with E-state index < -0.39 is 0 Å². The molecule has 1 saturated heterocycles. The molecule has 1 aromatic carbocycles. The normalized spacial score (nSPS) is 20.2. The van der Waals surface area contributed by atoms with E-state index in [1.54, 1.807) is 29.5 Å². The molecule has 30 heavy (non-hydrogen) atoms.